The van der Waals surface area contributed by atoms with Crippen molar-refractivity contribution in [2.45, 2.75) is 59.0 Å². The molecule has 0 aromatic heterocycles. The molecule has 3 unspecified atom stereocenters. The van der Waals surface area contributed by atoms with Crippen LogP contribution in [-0.2, 0) is 0 Å². The first kappa shape index (κ1) is 13.0. The van der Waals surface area contributed by atoms with Crippen LogP contribution in [0.2, 0.25) is 0 Å². The van der Waals surface area contributed by atoms with Crippen LogP contribution in [0.15, 0.2) is 0 Å². The standard InChI is InChI=1S/C13H28N2/c1-5-7-13-8-9-15(10-13)12(4)11(3)14-6-2/h11-14H,5-10H2,1-4H3. The van der Waals surface area contributed by atoms with Crippen molar-refractivity contribution in [3.05, 3.63) is 0 Å². The fraction of sp³-hybridized carbons (Fsp3) is 1.00. The lowest BCUT2D eigenvalue weighted by Crippen LogP contribution is -2.45. The van der Waals surface area contributed by atoms with E-state index in [1.54, 1.807) is 0 Å². The summed E-state index contributed by atoms with van der Waals surface area (Å²) < 4.78 is 0. The summed E-state index contributed by atoms with van der Waals surface area (Å²) in [6, 6.07) is 1.31. The van der Waals surface area contributed by atoms with E-state index in [-0.39, 0.29) is 0 Å². The zero-order chi connectivity index (χ0) is 11.3. The molecule has 2 nitrogen and oxygen atoms in total. The third-order valence-corrected chi connectivity index (χ3v) is 3.84. The molecule has 0 saturated carbocycles. The maximum absolute atomic E-state index is 3.53. The summed E-state index contributed by atoms with van der Waals surface area (Å²) >= 11 is 0. The van der Waals surface area contributed by atoms with E-state index in [0.717, 1.165) is 12.5 Å². The van der Waals surface area contributed by atoms with Gasteiger partial charge < -0.3 is 5.32 Å². The van der Waals surface area contributed by atoms with Crippen LogP contribution < -0.4 is 5.32 Å². The highest BCUT2D eigenvalue weighted by molar-refractivity contribution is 4.84. The van der Waals surface area contributed by atoms with Gasteiger partial charge in [-0.2, -0.15) is 0 Å². The number of likely N-dealkylation sites (N-methyl/N-ethyl adjacent to an activating group) is 1. The molecule has 90 valence electrons. The highest BCUT2D eigenvalue weighted by atomic mass is 15.2. The van der Waals surface area contributed by atoms with Gasteiger partial charge in [0.25, 0.3) is 0 Å². The third-order valence-electron chi connectivity index (χ3n) is 3.84. The van der Waals surface area contributed by atoms with E-state index >= 15 is 0 Å². The fourth-order valence-corrected chi connectivity index (χ4v) is 2.69. The lowest BCUT2D eigenvalue weighted by atomic mass is 10.0. The number of hydrogen-bond acceptors (Lipinski definition) is 2. The molecule has 0 aromatic carbocycles. The van der Waals surface area contributed by atoms with Crippen molar-refractivity contribution < 1.29 is 0 Å². The summed E-state index contributed by atoms with van der Waals surface area (Å²) in [6.45, 7) is 12.9. The van der Waals surface area contributed by atoms with Crippen molar-refractivity contribution in [1.29, 1.82) is 0 Å². The maximum atomic E-state index is 3.53. The van der Waals surface area contributed by atoms with E-state index < -0.39 is 0 Å². The SMILES string of the molecule is CCCC1CCN(C(C)C(C)NCC)C1. The maximum Gasteiger partial charge on any atom is 0.0218 e. The van der Waals surface area contributed by atoms with Crippen LogP contribution in [0.3, 0.4) is 0 Å². The predicted molar refractivity (Wildman–Crippen MR) is 67.2 cm³/mol. The topological polar surface area (TPSA) is 15.3 Å². The van der Waals surface area contributed by atoms with Crippen LogP contribution in [0.25, 0.3) is 0 Å². The Hall–Kier alpha value is -0.0800. The summed E-state index contributed by atoms with van der Waals surface area (Å²) in [5.74, 6) is 0.964. The van der Waals surface area contributed by atoms with Gasteiger partial charge in [0.15, 0.2) is 0 Å². The van der Waals surface area contributed by atoms with Gasteiger partial charge in [0.05, 0.1) is 0 Å². The van der Waals surface area contributed by atoms with E-state index in [1.165, 1.54) is 32.4 Å². The number of nitrogens with one attached hydrogen (secondary N) is 1. The summed E-state index contributed by atoms with van der Waals surface area (Å²) in [5, 5.41) is 3.53. The minimum absolute atomic E-state index is 0.621. The average molecular weight is 212 g/mol. The van der Waals surface area contributed by atoms with Crippen molar-refractivity contribution in [3.63, 3.8) is 0 Å². The molecule has 1 aliphatic rings. The molecule has 1 saturated heterocycles. The Bertz CT molecular complexity index is 170. The molecule has 0 amide bonds. The average Bonchev–Trinajstić information content (AvgIpc) is 2.66. The minimum atomic E-state index is 0.621. The van der Waals surface area contributed by atoms with E-state index in [0.29, 0.717) is 12.1 Å². The third kappa shape index (κ3) is 3.76. The monoisotopic (exact) mass is 212 g/mol. The van der Waals surface area contributed by atoms with Crippen LogP contribution in [0.4, 0.5) is 0 Å². The highest BCUT2D eigenvalue weighted by Gasteiger charge is 2.27. The van der Waals surface area contributed by atoms with Crippen molar-refractivity contribution in [1.82, 2.24) is 10.2 Å². The smallest absolute Gasteiger partial charge is 0.0218 e. The second-order valence-electron chi connectivity index (χ2n) is 5.03. The first-order valence-corrected chi connectivity index (χ1v) is 6.66. The second-order valence-corrected chi connectivity index (χ2v) is 5.03. The van der Waals surface area contributed by atoms with Crippen molar-refractivity contribution in [2.24, 2.45) is 5.92 Å². The van der Waals surface area contributed by atoms with Crippen LogP contribution in [0.1, 0.15) is 47.0 Å². The Morgan fingerprint density at radius 3 is 2.67 bits per heavy atom. The Morgan fingerprint density at radius 2 is 2.07 bits per heavy atom. The van der Waals surface area contributed by atoms with Crippen LogP contribution in [-0.4, -0.2) is 36.6 Å². The zero-order valence-electron chi connectivity index (χ0n) is 10.9. The summed E-state index contributed by atoms with van der Waals surface area (Å²) in [4.78, 5) is 2.66. The lowest BCUT2D eigenvalue weighted by molar-refractivity contribution is 0.206. The predicted octanol–water partition coefficient (Wildman–Crippen LogP) is 2.49. The molecule has 0 bridgehead atoms. The molecule has 1 N–H and O–H groups in total. The Balaban J connectivity index is 2.32. The largest absolute Gasteiger partial charge is 0.313 e. The van der Waals surface area contributed by atoms with Crippen LogP contribution in [0.5, 0.6) is 0 Å². The zero-order valence-corrected chi connectivity index (χ0v) is 10.9. The molecule has 0 aliphatic carbocycles. The van der Waals surface area contributed by atoms with Crippen molar-refractivity contribution in [2.75, 3.05) is 19.6 Å². The van der Waals surface area contributed by atoms with E-state index in [1.807, 2.05) is 0 Å². The number of rotatable bonds is 6. The van der Waals surface area contributed by atoms with Crippen molar-refractivity contribution in [3.8, 4) is 0 Å². The summed E-state index contributed by atoms with van der Waals surface area (Å²) in [6.07, 6.45) is 4.17. The van der Waals surface area contributed by atoms with Gasteiger partial charge in [0, 0.05) is 18.6 Å². The highest BCUT2D eigenvalue weighted by Crippen LogP contribution is 2.23. The van der Waals surface area contributed by atoms with E-state index in [4.69, 9.17) is 0 Å². The van der Waals surface area contributed by atoms with Gasteiger partial charge in [-0.25, -0.2) is 0 Å². The first-order chi connectivity index (χ1) is 7.19. The van der Waals surface area contributed by atoms with E-state index in [9.17, 15) is 0 Å². The molecule has 0 radical (unpaired) electrons. The minimum Gasteiger partial charge on any atom is -0.313 e. The van der Waals surface area contributed by atoms with Gasteiger partial charge in [-0.05, 0) is 45.7 Å². The number of nitrogens with zero attached hydrogens (tertiary/aromatic N) is 1. The number of hydrogen-bond donors (Lipinski definition) is 1. The first-order valence-electron chi connectivity index (χ1n) is 6.66. The number of likely N-dealkylation sites (tertiary alicyclic amines) is 1. The molecule has 0 aromatic rings. The molecule has 1 aliphatic heterocycles. The normalized spacial score (nSPS) is 26.8. The van der Waals surface area contributed by atoms with E-state index in [2.05, 4.69) is 37.9 Å². The van der Waals surface area contributed by atoms with Gasteiger partial charge >= 0.3 is 0 Å². The fourth-order valence-electron chi connectivity index (χ4n) is 2.69. The van der Waals surface area contributed by atoms with Gasteiger partial charge in [0.1, 0.15) is 0 Å². The molecule has 15 heavy (non-hydrogen) atoms. The molecular weight excluding hydrogens is 184 g/mol. The molecule has 1 heterocycles. The van der Waals surface area contributed by atoms with Crippen molar-refractivity contribution >= 4 is 0 Å². The van der Waals surface area contributed by atoms with Gasteiger partial charge in [-0.1, -0.05) is 20.3 Å². The summed E-state index contributed by atoms with van der Waals surface area (Å²) in [5.41, 5.74) is 0. The molecule has 1 fully saturated rings. The summed E-state index contributed by atoms with van der Waals surface area (Å²) in [7, 11) is 0. The lowest BCUT2D eigenvalue weighted by Gasteiger charge is -2.30. The quantitative estimate of drug-likeness (QED) is 0.728. The second kappa shape index (κ2) is 6.49. The molecule has 1 rings (SSSR count). The van der Waals surface area contributed by atoms with Crippen LogP contribution >= 0.6 is 0 Å². The molecular formula is C13H28N2. The molecule has 2 heteroatoms. The van der Waals surface area contributed by atoms with Gasteiger partial charge in [-0.3, -0.25) is 4.90 Å². The Labute approximate surface area is 95.4 Å². The van der Waals surface area contributed by atoms with Gasteiger partial charge in [0.2, 0.25) is 0 Å². The Kier molecular flexibility index (Phi) is 5.62. The van der Waals surface area contributed by atoms with Gasteiger partial charge in [-0.15, -0.1) is 0 Å². The molecule has 3 atom stereocenters. The van der Waals surface area contributed by atoms with Crippen LogP contribution in [0, 0.1) is 5.92 Å². The molecule has 0 spiro atoms. The Morgan fingerprint density at radius 1 is 1.33 bits per heavy atom.